The minimum absolute atomic E-state index is 0.0125. The average Bonchev–Trinajstić information content (AvgIpc) is 2.56. The van der Waals surface area contributed by atoms with Crippen LogP contribution >= 0.6 is 22.6 Å². The molecule has 0 saturated carbocycles. The van der Waals surface area contributed by atoms with Crippen molar-refractivity contribution >= 4 is 45.6 Å². The van der Waals surface area contributed by atoms with Crippen LogP contribution in [-0.4, -0.2) is 5.91 Å². The Hall–Kier alpha value is -2.88. The molecule has 0 atom stereocenters. The Kier molecular flexibility index (Phi) is 5.45. The van der Waals surface area contributed by atoms with Crippen molar-refractivity contribution in [1.82, 2.24) is 0 Å². The number of hydrogen-bond acceptors (Lipinski definition) is 4. The highest BCUT2D eigenvalue weighted by Crippen LogP contribution is 2.34. The number of hydrogen-bond donors (Lipinski definition) is 3. The molecule has 0 aliphatic rings. The lowest BCUT2D eigenvalue weighted by molar-refractivity contribution is 0.0999. The van der Waals surface area contributed by atoms with Crippen LogP contribution in [0.25, 0.3) is 0 Å². The highest BCUT2D eigenvalue weighted by Gasteiger charge is 2.19. The van der Waals surface area contributed by atoms with Gasteiger partial charge in [-0.1, -0.05) is 6.07 Å². The third-order valence-electron chi connectivity index (χ3n) is 3.60. The van der Waals surface area contributed by atoms with Gasteiger partial charge in [0.25, 0.3) is 5.91 Å². The van der Waals surface area contributed by atoms with Gasteiger partial charge in [-0.3, -0.25) is 4.79 Å². The second kappa shape index (κ2) is 7.78. The van der Waals surface area contributed by atoms with Gasteiger partial charge in [-0.05, 0) is 59.0 Å². The molecule has 0 saturated heterocycles. The lowest BCUT2D eigenvalue weighted by atomic mass is 10.1. The van der Waals surface area contributed by atoms with Crippen molar-refractivity contribution in [3.63, 3.8) is 0 Å². The summed E-state index contributed by atoms with van der Waals surface area (Å²) < 4.78 is 34.6. The molecule has 0 bridgehead atoms. The lowest BCUT2D eigenvalue weighted by Gasteiger charge is -2.16. The Bertz CT molecular complexity index is 1030. The second-order valence-corrected chi connectivity index (χ2v) is 6.86. The Morgan fingerprint density at radius 2 is 1.81 bits per heavy atom. The van der Waals surface area contributed by atoms with E-state index in [-0.39, 0.29) is 22.7 Å². The Morgan fingerprint density at radius 3 is 2.48 bits per heavy atom. The van der Waals surface area contributed by atoms with Gasteiger partial charge in [0.05, 0.1) is 11.4 Å². The standard InChI is InChI=1S/C19H14F2IN3O2/c20-10-6-16(25-15-5-4-11(22)8-14(15)21)18(19(24)26)17(7-10)27-13-3-1-2-12(23)9-13/h1-9,25H,23H2,(H2,24,26). The number of ether oxygens (including phenoxy) is 1. The van der Waals surface area contributed by atoms with Crippen LogP contribution in [0.4, 0.5) is 25.8 Å². The van der Waals surface area contributed by atoms with Gasteiger partial charge in [0, 0.05) is 21.4 Å². The molecule has 0 heterocycles. The van der Waals surface area contributed by atoms with Crippen molar-refractivity contribution in [2.75, 3.05) is 11.1 Å². The van der Waals surface area contributed by atoms with Gasteiger partial charge < -0.3 is 21.5 Å². The normalized spacial score (nSPS) is 10.5. The smallest absolute Gasteiger partial charge is 0.254 e. The summed E-state index contributed by atoms with van der Waals surface area (Å²) in [5, 5.41) is 2.70. The summed E-state index contributed by atoms with van der Waals surface area (Å²) in [6.45, 7) is 0. The van der Waals surface area contributed by atoms with E-state index in [1.54, 1.807) is 24.3 Å². The zero-order chi connectivity index (χ0) is 19.6. The molecule has 0 aromatic heterocycles. The molecule has 3 aromatic rings. The molecule has 0 fully saturated rings. The maximum Gasteiger partial charge on any atom is 0.254 e. The fourth-order valence-electron chi connectivity index (χ4n) is 2.46. The van der Waals surface area contributed by atoms with Crippen molar-refractivity contribution in [2.45, 2.75) is 0 Å². The van der Waals surface area contributed by atoms with E-state index in [9.17, 15) is 13.6 Å². The molecule has 27 heavy (non-hydrogen) atoms. The van der Waals surface area contributed by atoms with Gasteiger partial charge in [0.15, 0.2) is 0 Å². The first-order valence-electron chi connectivity index (χ1n) is 7.72. The van der Waals surface area contributed by atoms with E-state index in [0.29, 0.717) is 15.0 Å². The average molecular weight is 481 g/mol. The number of carbonyl (C=O) groups is 1. The molecule has 5 N–H and O–H groups in total. The van der Waals surface area contributed by atoms with Crippen molar-refractivity contribution in [2.24, 2.45) is 5.73 Å². The number of primary amides is 1. The summed E-state index contributed by atoms with van der Waals surface area (Å²) in [5.41, 5.74) is 11.5. The van der Waals surface area contributed by atoms with E-state index in [0.717, 1.165) is 12.1 Å². The second-order valence-electron chi connectivity index (χ2n) is 5.61. The molecule has 138 valence electrons. The van der Waals surface area contributed by atoms with Crippen LogP contribution in [0.15, 0.2) is 54.6 Å². The molecular weight excluding hydrogens is 467 g/mol. The van der Waals surface area contributed by atoms with E-state index in [1.165, 1.54) is 18.2 Å². The number of anilines is 3. The molecule has 8 heteroatoms. The van der Waals surface area contributed by atoms with Gasteiger partial charge in [-0.2, -0.15) is 0 Å². The van der Waals surface area contributed by atoms with Gasteiger partial charge >= 0.3 is 0 Å². The van der Waals surface area contributed by atoms with Gasteiger partial charge in [0.2, 0.25) is 0 Å². The highest BCUT2D eigenvalue weighted by molar-refractivity contribution is 14.1. The number of halogens is 3. The molecular formula is C19H14F2IN3O2. The molecule has 1 amide bonds. The van der Waals surface area contributed by atoms with E-state index in [4.69, 9.17) is 16.2 Å². The summed E-state index contributed by atoms with van der Waals surface area (Å²) in [4.78, 5) is 12.0. The summed E-state index contributed by atoms with van der Waals surface area (Å²) in [7, 11) is 0. The molecule has 0 spiro atoms. The number of amides is 1. The zero-order valence-corrected chi connectivity index (χ0v) is 16.0. The highest BCUT2D eigenvalue weighted by atomic mass is 127. The van der Waals surface area contributed by atoms with E-state index >= 15 is 0 Å². The number of nitrogen functional groups attached to an aromatic ring is 1. The maximum atomic E-state index is 14.1. The first-order chi connectivity index (χ1) is 12.8. The molecule has 0 radical (unpaired) electrons. The van der Waals surface area contributed by atoms with Crippen LogP contribution in [0.3, 0.4) is 0 Å². The number of carbonyl (C=O) groups excluding carboxylic acids is 1. The number of rotatable bonds is 5. The topological polar surface area (TPSA) is 90.4 Å². The van der Waals surface area contributed by atoms with Gasteiger partial charge in [-0.25, -0.2) is 8.78 Å². The third-order valence-corrected chi connectivity index (χ3v) is 4.27. The van der Waals surface area contributed by atoms with Crippen molar-refractivity contribution in [3.8, 4) is 11.5 Å². The lowest BCUT2D eigenvalue weighted by Crippen LogP contribution is -2.15. The molecule has 5 nitrogen and oxygen atoms in total. The number of nitrogens with one attached hydrogen (secondary N) is 1. The number of benzene rings is 3. The molecule has 3 rings (SSSR count). The van der Waals surface area contributed by atoms with Crippen molar-refractivity contribution < 1.29 is 18.3 Å². The van der Waals surface area contributed by atoms with Gasteiger partial charge in [0.1, 0.15) is 28.7 Å². The van der Waals surface area contributed by atoms with Crippen molar-refractivity contribution in [1.29, 1.82) is 0 Å². The Labute approximate surface area is 167 Å². The summed E-state index contributed by atoms with van der Waals surface area (Å²) in [6.07, 6.45) is 0. The zero-order valence-electron chi connectivity index (χ0n) is 13.8. The quantitative estimate of drug-likeness (QED) is 0.361. The van der Waals surface area contributed by atoms with Crippen LogP contribution in [0, 0.1) is 15.2 Å². The first kappa shape index (κ1) is 18.9. The Morgan fingerprint density at radius 1 is 1.04 bits per heavy atom. The van der Waals surface area contributed by atoms with E-state index in [1.807, 2.05) is 22.6 Å². The van der Waals surface area contributed by atoms with E-state index < -0.39 is 17.5 Å². The summed E-state index contributed by atoms with van der Waals surface area (Å²) in [5.74, 6) is -1.91. The molecule has 3 aromatic carbocycles. The summed E-state index contributed by atoms with van der Waals surface area (Å²) >= 11 is 1.96. The maximum absolute atomic E-state index is 14.1. The number of nitrogens with two attached hydrogens (primary N) is 2. The SMILES string of the molecule is NC(=O)c1c(Nc2ccc(I)cc2F)cc(F)cc1Oc1cccc(N)c1. The van der Waals surface area contributed by atoms with Crippen molar-refractivity contribution in [3.05, 3.63) is 75.4 Å². The summed E-state index contributed by atoms with van der Waals surface area (Å²) in [6, 6.07) is 12.9. The fraction of sp³-hybridized carbons (Fsp3) is 0. The minimum Gasteiger partial charge on any atom is -0.456 e. The van der Waals surface area contributed by atoms with Gasteiger partial charge in [-0.15, -0.1) is 0 Å². The van der Waals surface area contributed by atoms with E-state index in [2.05, 4.69) is 5.32 Å². The molecule has 0 aliphatic carbocycles. The predicted octanol–water partition coefficient (Wildman–Crippen LogP) is 4.79. The monoisotopic (exact) mass is 481 g/mol. The molecule has 0 aliphatic heterocycles. The van der Waals surface area contributed by atoms with Crippen LogP contribution in [0.5, 0.6) is 11.5 Å². The van der Waals surface area contributed by atoms with Crippen LogP contribution in [-0.2, 0) is 0 Å². The fourth-order valence-corrected chi connectivity index (χ4v) is 2.91. The largest absolute Gasteiger partial charge is 0.456 e. The first-order valence-corrected chi connectivity index (χ1v) is 8.80. The minimum atomic E-state index is -0.859. The van der Waals surface area contributed by atoms with Crippen LogP contribution in [0.2, 0.25) is 0 Å². The van der Waals surface area contributed by atoms with Crippen LogP contribution < -0.4 is 21.5 Å². The molecule has 0 unspecified atom stereocenters. The van der Waals surface area contributed by atoms with Crippen LogP contribution in [0.1, 0.15) is 10.4 Å². The Balaban J connectivity index is 2.06. The third kappa shape index (κ3) is 4.45. The predicted molar refractivity (Wildman–Crippen MR) is 108 cm³/mol.